The lowest BCUT2D eigenvalue weighted by Gasteiger charge is -2.36. The van der Waals surface area contributed by atoms with Crippen molar-refractivity contribution in [3.05, 3.63) is 30.1 Å². The van der Waals surface area contributed by atoms with E-state index in [1.165, 1.54) is 0 Å². The van der Waals surface area contributed by atoms with Crippen LogP contribution in [-0.2, 0) is 9.53 Å². The molecule has 0 aliphatic carbocycles. The zero-order valence-electron chi connectivity index (χ0n) is 13.1. The van der Waals surface area contributed by atoms with Gasteiger partial charge in [-0.25, -0.2) is 4.52 Å². The Morgan fingerprint density at radius 3 is 2.83 bits per heavy atom. The second-order valence-electron chi connectivity index (χ2n) is 6.52. The summed E-state index contributed by atoms with van der Waals surface area (Å²) in [4.78, 5) is 26.2. The number of rotatable bonds is 2. The van der Waals surface area contributed by atoms with E-state index in [0.29, 0.717) is 38.1 Å². The van der Waals surface area contributed by atoms with Crippen LogP contribution in [0.5, 0.6) is 0 Å². The summed E-state index contributed by atoms with van der Waals surface area (Å²) in [7, 11) is 0. The van der Waals surface area contributed by atoms with Crippen molar-refractivity contribution in [3.8, 4) is 0 Å². The number of nitrogens with zero attached hydrogens (tertiary/aromatic N) is 4. The molecule has 2 aliphatic heterocycles. The maximum Gasteiger partial charge on any atom is 0.308 e. The number of hydrogen-bond acceptors (Lipinski definition) is 5. The maximum atomic E-state index is 12.9. The minimum Gasteiger partial charge on any atom is -0.481 e. The first kappa shape index (κ1) is 15.1. The number of aromatic nitrogens is 3. The first-order chi connectivity index (χ1) is 11.6. The average molecular weight is 330 g/mol. The lowest BCUT2D eigenvalue weighted by atomic mass is 9.72. The molecule has 2 aromatic heterocycles. The Balaban J connectivity index is 1.65. The number of ether oxygens (including phenoxy) is 1. The fourth-order valence-electron chi connectivity index (χ4n) is 3.89. The van der Waals surface area contributed by atoms with E-state index in [4.69, 9.17) is 4.74 Å². The van der Waals surface area contributed by atoms with E-state index in [1.54, 1.807) is 21.7 Å². The number of hydrogen-bond donors (Lipinski definition) is 1. The molecule has 1 amide bonds. The highest BCUT2D eigenvalue weighted by Gasteiger charge is 2.52. The first-order valence-electron chi connectivity index (χ1n) is 8.01. The van der Waals surface area contributed by atoms with Crippen LogP contribution >= 0.6 is 0 Å². The molecular formula is C16H18N4O4. The highest BCUT2D eigenvalue weighted by Crippen LogP contribution is 2.44. The van der Waals surface area contributed by atoms with Gasteiger partial charge in [0.15, 0.2) is 5.69 Å². The number of likely N-dealkylation sites (tertiary alicyclic amines) is 1. The summed E-state index contributed by atoms with van der Waals surface area (Å²) in [5, 5.41) is 17.6. The van der Waals surface area contributed by atoms with Crippen LogP contribution in [0.15, 0.2) is 24.4 Å². The number of fused-ring (bicyclic) bond motifs is 1. The van der Waals surface area contributed by atoms with Gasteiger partial charge in [-0.15, -0.1) is 5.10 Å². The molecule has 0 bridgehead atoms. The Bertz CT molecular complexity index is 796. The van der Waals surface area contributed by atoms with Gasteiger partial charge in [0.2, 0.25) is 0 Å². The summed E-state index contributed by atoms with van der Waals surface area (Å²) < 4.78 is 6.93. The lowest BCUT2D eigenvalue weighted by Crippen LogP contribution is -2.40. The molecule has 126 valence electrons. The lowest BCUT2D eigenvalue weighted by molar-refractivity contribution is -0.146. The summed E-state index contributed by atoms with van der Waals surface area (Å²) in [6, 6.07) is 5.41. The van der Waals surface area contributed by atoms with Gasteiger partial charge in [-0.1, -0.05) is 11.3 Å². The minimum absolute atomic E-state index is 0.208. The minimum atomic E-state index is -0.847. The summed E-state index contributed by atoms with van der Waals surface area (Å²) >= 11 is 0. The van der Waals surface area contributed by atoms with Crippen LogP contribution in [0, 0.1) is 11.3 Å². The van der Waals surface area contributed by atoms with Gasteiger partial charge >= 0.3 is 5.97 Å². The molecule has 0 saturated carbocycles. The van der Waals surface area contributed by atoms with E-state index in [2.05, 4.69) is 10.3 Å². The molecule has 2 aromatic rings. The van der Waals surface area contributed by atoms with Crippen LogP contribution in [0.1, 0.15) is 23.3 Å². The number of amides is 1. The van der Waals surface area contributed by atoms with Crippen molar-refractivity contribution in [1.29, 1.82) is 0 Å². The van der Waals surface area contributed by atoms with Crippen LogP contribution in [0.3, 0.4) is 0 Å². The third-order valence-corrected chi connectivity index (χ3v) is 5.25. The third-order valence-electron chi connectivity index (χ3n) is 5.25. The quantitative estimate of drug-likeness (QED) is 0.870. The number of carbonyl (C=O) groups excluding carboxylic acids is 1. The SMILES string of the molecule is O=C(O)C1CN(C(=O)c2nnn3ccccc23)CC12CCOCC2. The zero-order chi connectivity index (χ0) is 16.7. The van der Waals surface area contributed by atoms with Crippen molar-refractivity contribution >= 4 is 17.4 Å². The van der Waals surface area contributed by atoms with E-state index >= 15 is 0 Å². The third kappa shape index (κ3) is 2.25. The number of carbonyl (C=O) groups is 2. The molecule has 4 heterocycles. The topological polar surface area (TPSA) is 97.0 Å². The molecule has 1 atom stereocenters. The van der Waals surface area contributed by atoms with Crippen molar-refractivity contribution < 1.29 is 19.4 Å². The fraction of sp³-hybridized carbons (Fsp3) is 0.500. The summed E-state index contributed by atoms with van der Waals surface area (Å²) in [6.07, 6.45) is 3.05. The van der Waals surface area contributed by atoms with Crippen LogP contribution in [0.4, 0.5) is 0 Å². The van der Waals surface area contributed by atoms with Gasteiger partial charge in [-0.3, -0.25) is 9.59 Å². The first-order valence-corrected chi connectivity index (χ1v) is 8.01. The normalized spacial score (nSPS) is 23.0. The molecule has 0 radical (unpaired) electrons. The van der Waals surface area contributed by atoms with Gasteiger partial charge in [0, 0.05) is 37.9 Å². The molecule has 4 rings (SSSR count). The monoisotopic (exact) mass is 330 g/mol. The second-order valence-corrected chi connectivity index (χ2v) is 6.52. The van der Waals surface area contributed by atoms with Crippen LogP contribution in [-0.4, -0.2) is 63.0 Å². The van der Waals surface area contributed by atoms with Crippen molar-refractivity contribution in [2.24, 2.45) is 11.3 Å². The Morgan fingerprint density at radius 2 is 2.08 bits per heavy atom. The highest BCUT2D eigenvalue weighted by molar-refractivity contribution is 5.99. The van der Waals surface area contributed by atoms with E-state index in [1.807, 2.05) is 12.1 Å². The van der Waals surface area contributed by atoms with Crippen LogP contribution in [0.25, 0.3) is 5.52 Å². The van der Waals surface area contributed by atoms with Gasteiger partial charge in [-0.2, -0.15) is 0 Å². The molecule has 2 fully saturated rings. The molecule has 8 nitrogen and oxygen atoms in total. The second kappa shape index (κ2) is 5.55. The van der Waals surface area contributed by atoms with Gasteiger partial charge in [0.05, 0.1) is 11.4 Å². The van der Waals surface area contributed by atoms with Crippen molar-refractivity contribution in [3.63, 3.8) is 0 Å². The standard InChI is InChI=1S/C16H18N4O4/c21-14(13-12-3-1-2-6-20(12)18-17-13)19-9-11(15(22)23)16(10-19)4-7-24-8-5-16/h1-3,6,11H,4-5,7-10H2,(H,22,23). The van der Waals surface area contributed by atoms with Crippen LogP contribution < -0.4 is 0 Å². The molecule has 1 spiro atoms. The van der Waals surface area contributed by atoms with E-state index < -0.39 is 17.3 Å². The number of aliphatic carboxylic acids is 1. The Hall–Kier alpha value is -2.48. The van der Waals surface area contributed by atoms with E-state index in [-0.39, 0.29) is 18.1 Å². The van der Waals surface area contributed by atoms with Crippen molar-refractivity contribution in [2.75, 3.05) is 26.3 Å². The Labute approximate surface area is 138 Å². The number of pyridine rings is 1. The molecule has 2 aliphatic rings. The average Bonchev–Trinajstić information content (AvgIpc) is 3.17. The Morgan fingerprint density at radius 1 is 1.29 bits per heavy atom. The predicted octanol–water partition coefficient (Wildman–Crippen LogP) is 0.683. The maximum absolute atomic E-state index is 12.9. The molecule has 1 unspecified atom stereocenters. The van der Waals surface area contributed by atoms with E-state index in [0.717, 1.165) is 0 Å². The molecule has 2 saturated heterocycles. The Kier molecular flexibility index (Phi) is 3.49. The summed E-state index contributed by atoms with van der Waals surface area (Å²) in [5.74, 6) is -1.67. The number of carboxylic acids is 1. The van der Waals surface area contributed by atoms with Crippen LogP contribution in [0.2, 0.25) is 0 Å². The van der Waals surface area contributed by atoms with Crippen molar-refractivity contribution in [1.82, 2.24) is 19.7 Å². The van der Waals surface area contributed by atoms with Gasteiger partial charge in [0.1, 0.15) is 0 Å². The zero-order valence-corrected chi connectivity index (χ0v) is 13.1. The van der Waals surface area contributed by atoms with Gasteiger partial charge in [0.25, 0.3) is 5.91 Å². The summed E-state index contributed by atoms with van der Waals surface area (Å²) in [5.41, 5.74) is 0.494. The predicted molar refractivity (Wildman–Crippen MR) is 82.5 cm³/mol. The molecule has 24 heavy (non-hydrogen) atoms. The molecule has 0 aromatic carbocycles. The number of carboxylic acid groups (broad SMARTS) is 1. The molecule has 1 N–H and O–H groups in total. The molecular weight excluding hydrogens is 312 g/mol. The van der Waals surface area contributed by atoms with E-state index in [9.17, 15) is 14.7 Å². The van der Waals surface area contributed by atoms with Gasteiger partial charge in [-0.05, 0) is 25.0 Å². The fourth-order valence-corrected chi connectivity index (χ4v) is 3.89. The van der Waals surface area contributed by atoms with Gasteiger partial charge < -0.3 is 14.7 Å². The smallest absolute Gasteiger partial charge is 0.308 e. The summed E-state index contributed by atoms with van der Waals surface area (Å²) in [6.45, 7) is 1.72. The highest BCUT2D eigenvalue weighted by atomic mass is 16.5. The largest absolute Gasteiger partial charge is 0.481 e. The molecule has 8 heteroatoms. The van der Waals surface area contributed by atoms with Crippen molar-refractivity contribution in [2.45, 2.75) is 12.8 Å².